The van der Waals surface area contributed by atoms with Crippen molar-refractivity contribution >= 4 is 59.3 Å². The number of hydrogen-bond donors (Lipinski definition) is 4. The van der Waals surface area contributed by atoms with Gasteiger partial charge in [0, 0.05) is 36.6 Å². The van der Waals surface area contributed by atoms with Gasteiger partial charge in [-0.1, -0.05) is 48.7 Å². The lowest BCUT2D eigenvalue weighted by molar-refractivity contribution is -0.142. The molecule has 2 amide bonds. The Labute approximate surface area is 212 Å². The number of aliphatic imine (C=N–C) groups is 1. The Morgan fingerprint density at radius 2 is 1.41 bits per heavy atom. The molecule has 10 heteroatoms. The Morgan fingerprint density at radius 1 is 0.912 bits per heavy atom. The zero-order chi connectivity index (χ0) is 24.6. The standard InChI is InChI=1S/C24H23N5O2S3/c1-24(12-16-6-8-19(9-7-16)29-15-32,22(30)27-13-17-4-2-10-25-20(17)33)23(31)28-14-18-5-3-11-26-21(18)34/h2-11H,12-14H2,1H3,(H,25,33)(H,26,34)(H,27,30)(H,28,31). The second-order valence-corrected chi connectivity index (χ2v) is 8.79. The Kier molecular flexibility index (Phi) is 8.72. The van der Waals surface area contributed by atoms with Crippen LogP contribution in [0.3, 0.4) is 0 Å². The Balaban J connectivity index is 1.83. The number of carbonyl (C=O) groups excluding carboxylic acids is 2. The van der Waals surface area contributed by atoms with Crippen LogP contribution < -0.4 is 10.6 Å². The molecule has 3 aromatic rings. The van der Waals surface area contributed by atoms with E-state index in [1.165, 1.54) is 0 Å². The van der Waals surface area contributed by atoms with E-state index < -0.39 is 17.2 Å². The van der Waals surface area contributed by atoms with Crippen LogP contribution in [0.5, 0.6) is 0 Å². The van der Waals surface area contributed by atoms with Gasteiger partial charge >= 0.3 is 0 Å². The monoisotopic (exact) mass is 509 g/mol. The van der Waals surface area contributed by atoms with Gasteiger partial charge < -0.3 is 20.6 Å². The molecule has 0 atom stereocenters. The van der Waals surface area contributed by atoms with Crippen molar-refractivity contribution < 1.29 is 9.59 Å². The first-order valence-corrected chi connectivity index (χ1v) is 11.6. The van der Waals surface area contributed by atoms with Gasteiger partial charge in [-0.3, -0.25) is 9.59 Å². The molecule has 174 valence electrons. The van der Waals surface area contributed by atoms with Crippen LogP contribution in [0.2, 0.25) is 0 Å². The molecule has 34 heavy (non-hydrogen) atoms. The molecule has 0 bridgehead atoms. The van der Waals surface area contributed by atoms with Crippen LogP contribution in [-0.2, 0) is 29.1 Å². The highest BCUT2D eigenvalue weighted by molar-refractivity contribution is 7.78. The van der Waals surface area contributed by atoms with Crippen molar-refractivity contribution in [3.63, 3.8) is 0 Å². The number of rotatable bonds is 9. The molecular formula is C24H23N5O2S3. The van der Waals surface area contributed by atoms with Gasteiger partial charge in [0.25, 0.3) is 0 Å². The van der Waals surface area contributed by atoms with E-state index in [1.807, 2.05) is 24.3 Å². The number of H-pyrrole nitrogens is 2. The van der Waals surface area contributed by atoms with Crippen LogP contribution in [0, 0.1) is 14.7 Å². The number of nitrogens with zero attached hydrogens (tertiary/aromatic N) is 1. The summed E-state index contributed by atoms with van der Waals surface area (Å²) in [5.74, 6) is -0.829. The predicted molar refractivity (Wildman–Crippen MR) is 140 cm³/mol. The number of aromatic amines is 2. The van der Waals surface area contributed by atoms with Gasteiger partial charge in [0.1, 0.15) is 14.7 Å². The van der Waals surface area contributed by atoms with Crippen LogP contribution in [0.1, 0.15) is 23.6 Å². The van der Waals surface area contributed by atoms with Crippen molar-refractivity contribution in [2.24, 2.45) is 10.4 Å². The van der Waals surface area contributed by atoms with E-state index in [0.717, 1.165) is 16.7 Å². The minimum Gasteiger partial charge on any atom is -0.353 e. The average Bonchev–Trinajstić information content (AvgIpc) is 2.84. The lowest BCUT2D eigenvalue weighted by atomic mass is 9.81. The van der Waals surface area contributed by atoms with Gasteiger partial charge in [-0.25, -0.2) is 0 Å². The van der Waals surface area contributed by atoms with E-state index in [1.54, 1.807) is 43.6 Å². The minimum absolute atomic E-state index is 0.176. The molecule has 0 unspecified atom stereocenters. The van der Waals surface area contributed by atoms with E-state index in [-0.39, 0.29) is 19.5 Å². The Hall–Kier alpha value is -3.30. The van der Waals surface area contributed by atoms with Crippen LogP contribution in [0.25, 0.3) is 0 Å². The highest BCUT2D eigenvalue weighted by atomic mass is 32.1. The fraction of sp³-hybridized carbons (Fsp3) is 0.208. The lowest BCUT2D eigenvalue weighted by Crippen LogP contribution is -2.50. The first kappa shape index (κ1) is 25.3. The van der Waals surface area contributed by atoms with Crippen molar-refractivity contribution in [3.05, 3.63) is 86.9 Å². The van der Waals surface area contributed by atoms with Gasteiger partial charge in [-0.15, -0.1) is 0 Å². The Bertz CT molecular complexity index is 1270. The number of amides is 2. The number of isothiocyanates is 1. The zero-order valence-corrected chi connectivity index (χ0v) is 20.8. The summed E-state index contributed by atoms with van der Waals surface area (Å²) >= 11 is 15.2. The first-order chi connectivity index (χ1) is 16.3. The number of aromatic nitrogens is 2. The van der Waals surface area contributed by atoms with Crippen LogP contribution in [-0.4, -0.2) is 26.9 Å². The maximum Gasteiger partial charge on any atom is 0.236 e. The van der Waals surface area contributed by atoms with E-state index in [0.29, 0.717) is 15.0 Å². The molecule has 0 aliphatic carbocycles. The number of pyridine rings is 2. The van der Waals surface area contributed by atoms with Crippen molar-refractivity contribution in [3.8, 4) is 0 Å². The summed E-state index contributed by atoms with van der Waals surface area (Å²) in [5.41, 5.74) is 1.56. The summed E-state index contributed by atoms with van der Waals surface area (Å²) in [4.78, 5) is 36.5. The van der Waals surface area contributed by atoms with Gasteiger partial charge in [0.15, 0.2) is 0 Å². The van der Waals surface area contributed by atoms with Crippen molar-refractivity contribution in [2.75, 3.05) is 0 Å². The molecule has 3 rings (SSSR count). The maximum atomic E-state index is 13.4. The molecule has 0 saturated carbocycles. The number of nitrogens with one attached hydrogen (secondary N) is 4. The van der Waals surface area contributed by atoms with Gasteiger partial charge in [0.05, 0.1) is 10.8 Å². The van der Waals surface area contributed by atoms with Gasteiger partial charge in [0.2, 0.25) is 11.8 Å². The smallest absolute Gasteiger partial charge is 0.236 e. The van der Waals surface area contributed by atoms with E-state index >= 15 is 0 Å². The minimum atomic E-state index is -1.39. The third-order valence-corrected chi connectivity index (χ3v) is 6.20. The molecule has 2 aromatic heterocycles. The predicted octanol–water partition coefficient (Wildman–Crippen LogP) is 4.72. The molecule has 0 spiro atoms. The van der Waals surface area contributed by atoms with Crippen molar-refractivity contribution in [2.45, 2.75) is 26.4 Å². The van der Waals surface area contributed by atoms with Crippen LogP contribution in [0.4, 0.5) is 5.69 Å². The summed E-state index contributed by atoms with van der Waals surface area (Å²) in [6.07, 6.45) is 3.61. The van der Waals surface area contributed by atoms with Crippen molar-refractivity contribution in [1.82, 2.24) is 20.6 Å². The second kappa shape index (κ2) is 11.7. The third-order valence-electron chi connectivity index (χ3n) is 5.35. The molecule has 1 aromatic carbocycles. The van der Waals surface area contributed by atoms with E-state index in [9.17, 15) is 9.59 Å². The summed E-state index contributed by atoms with van der Waals surface area (Å²) in [6.45, 7) is 2.02. The fourth-order valence-corrected chi connectivity index (χ4v) is 3.87. The van der Waals surface area contributed by atoms with E-state index in [2.05, 4.69) is 43.0 Å². The number of carbonyl (C=O) groups is 2. The van der Waals surface area contributed by atoms with E-state index in [4.69, 9.17) is 24.4 Å². The number of thiocarbonyl (C=S) groups is 1. The second-order valence-electron chi connectivity index (χ2n) is 7.79. The quantitative estimate of drug-likeness (QED) is 0.190. The SMILES string of the molecule is CC(Cc1ccc(N=C=S)cc1)(C(=O)NCc1ccc[nH]c1=S)C(=O)NCc1ccc[nH]c1=S. The molecule has 0 fully saturated rings. The molecule has 7 nitrogen and oxygen atoms in total. The largest absolute Gasteiger partial charge is 0.353 e. The molecule has 2 heterocycles. The zero-order valence-electron chi connectivity index (χ0n) is 18.4. The molecule has 4 N–H and O–H groups in total. The van der Waals surface area contributed by atoms with Crippen molar-refractivity contribution in [1.29, 1.82) is 0 Å². The lowest BCUT2D eigenvalue weighted by Gasteiger charge is -2.27. The number of benzene rings is 1. The normalized spacial score (nSPS) is 10.7. The topological polar surface area (TPSA) is 102 Å². The first-order valence-electron chi connectivity index (χ1n) is 10.4. The molecule has 0 aliphatic heterocycles. The molecule has 0 saturated heterocycles. The summed E-state index contributed by atoms with van der Waals surface area (Å²) in [6, 6.07) is 14.4. The summed E-state index contributed by atoms with van der Waals surface area (Å²) in [5, 5.41) is 8.05. The van der Waals surface area contributed by atoms with Crippen LogP contribution >= 0.6 is 36.7 Å². The van der Waals surface area contributed by atoms with Gasteiger partial charge in [-0.2, -0.15) is 4.99 Å². The van der Waals surface area contributed by atoms with Crippen LogP contribution in [0.15, 0.2) is 65.9 Å². The molecule has 0 radical (unpaired) electrons. The summed E-state index contributed by atoms with van der Waals surface area (Å²) < 4.78 is 1.06. The maximum absolute atomic E-state index is 13.4. The molecular weight excluding hydrogens is 486 g/mol. The summed E-state index contributed by atoms with van der Waals surface area (Å²) in [7, 11) is 0. The van der Waals surface area contributed by atoms with Gasteiger partial charge in [-0.05, 0) is 55.4 Å². The third kappa shape index (κ3) is 6.39. The number of hydrogen-bond acceptors (Lipinski definition) is 6. The highest BCUT2D eigenvalue weighted by Crippen LogP contribution is 2.26. The molecule has 0 aliphatic rings. The fourth-order valence-electron chi connectivity index (χ4n) is 3.35. The average molecular weight is 510 g/mol. The Morgan fingerprint density at radius 3 is 1.85 bits per heavy atom. The highest BCUT2D eigenvalue weighted by Gasteiger charge is 2.41.